The van der Waals surface area contributed by atoms with Crippen molar-refractivity contribution in [3.05, 3.63) is 51.7 Å². The number of benzene rings is 1. The predicted octanol–water partition coefficient (Wildman–Crippen LogP) is 2.08. The molecule has 4 N–H and O–H groups in total. The van der Waals surface area contributed by atoms with E-state index in [1.807, 2.05) is 18.2 Å². The molecular formula is C20H22O6S2. The molecule has 28 heavy (non-hydrogen) atoms. The lowest BCUT2D eigenvalue weighted by atomic mass is 9.90. The van der Waals surface area contributed by atoms with Gasteiger partial charge >= 0.3 is 0 Å². The molecule has 1 aliphatic rings. The SMILES string of the molecule is COc1ccc(Cc2cc3ccsc3s2)cc1[C@@H]1OC(CO)[C@@H](O)[C@H](O)[C@H]1O. The van der Waals surface area contributed by atoms with Crippen LogP contribution in [0, 0.1) is 0 Å². The molecule has 1 fully saturated rings. The summed E-state index contributed by atoms with van der Waals surface area (Å²) in [7, 11) is 1.52. The second kappa shape index (κ2) is 8.08. The molecule has 1 unspecified atom stereocenters. The highest BCUT2D eigenvalue weighted by atomic mass is 32.2. The highest BCUT2D eigenvalue weighted by Crippen LogP contribution is 2.38. The summed E-state index contributed by atoms with van der Waals surface area (Å²) in [6.07, 6.45) is -5.30. The van der Waals surface area contributed by atoms with Gasteiger partial charge in [-0.25, -0.2) is 0 Å². The van der Waals surface area contributed by atoms with Crippen molar-refractivity contribution < 1.29 is 29.9 Å². The normalized spacial score (nSPS) is 28.0. The van der Waals surface area contributed by atoms with Gasteiger partial charge in [0.15, 0.2) is 0 Å². The molecule has 3 aromatic rings. The third-order valence-corrected chi connectivity index (χ3v) is 7.28. The fourth-order valence-electron chi connectivity index (χ4n) is 3.58. The van der Waals surface area contributed by atoms with Gasteiger partial charge in [-0.3, -0.25) is 0 Å². The van der Waals surface area contributed by atoms with Crippen LogP contribution in [0.1, 0.15) is 22.1 Å². The molecule has 0 bridgehead atoms. The number of ether oxygens (including phenoxy) is 2. The molecule has 0 saturated carbocycles. The van der Waals surface area contributed by atoms with Crippen molar-refractivity contribution in [2.75, 3.05) is 13.7 Å². The highest BCUT2D eigenvalue weighted by molar-refractivity contribution is 7.37. The van der Waals surface area contributed by atoms with E-state index in [0.29, 0.717) is 11.3 Å². The summed E-state index contributed by atoms with van der Waals surface area (Å²) >= 11 is 3.48. The van der Waals surface area contributed by atoms with Gasteiger partial charge in [-0.1, -0.05) is 6.07 Å². The Morgan fingerprint density at radius 3 is 2.61 bits per heavy atom. The highest BCUT2D eigenvalue weighted by Gasteiger charge is 2.44. The second-order valence-corrected chi connectivity index (χ2v) is 9.19. The van der Waals surface area contributed by atoms with Crippen LogP contribution < -0.4 is 4.74 Å². The van der Waals surface area contributed by atoms with E-state index in [1.165, 1.54) is 21.4 Å². The lowest BCUT2D eigenvalue weighted by Crippen LogP contribution is -2.55. The molecule has 150 valence electrons. The third-order valence-electron chi connectivity index (χ3n) is 5.07. The second-order valence-electron chi connectivity index (χ2n) is 6.88. The van der Waals surface area contributed by atoms with Crippen molar-refractivity contribution in [2.24, 2.45) is 0 Å². The maximum absolute atomic E-state index is 10.5. The van der Waals surface area contributed by atoms with E-state index in [2.05, 4.69) is 17.5 Å². The van der Waals surface area contributed by atoms with Crippen LogP contribution in [-0.2, 0) is 11.2 Å². The number of hydrogen-bond acceptors (Lipinski definition) is 8. The maximum atomic E-state index is 10.5. The molecule has 1 saturated heterocycles. The van der Waals surface area contributed by atoms with Crippen LogP contribution in [0.3, 0.4) is 0 Å². The zero-order chi connectivity index (χ0) is 19.8. The molecule has 0 radical (unpaired) electrons. The summed E-state index contributed by atoms with van der Waals surface area (Å²) in [5.74, 6) is 0.514. The summed E-state index contributed by atoms with van der Waals surface area (Å²) in [5, 5.41) is 43.4. The lowest BCUT2D eigenvalue weighted by Gasteiger charge is -2.40. The standard InChI is InChI=1S/C20H22O6S2/c1-25-14-3-2-10(6-12-8-11-4-5-27-20(11)28-12)7-13(14)19-18(24)17(23)16(22)15(9-21)26-19/h2-5,7-8,15-19,21-24H,6,9H2,1H3/t15?,16-,17+,18-,19+/m1/s1. The van der Waals surface area contributed by atoms with E-state index in [9.17, 15) is 20.4 Å². The Hall–Kier alpha value is -1.52. The van der Waals surface area contributed by atoms with Crippen molar-refractivity contribution in [1.29, 1.82) is 0 Å². The Morgan fingerprint density at radius 1 is 1.07 bits per heavy atom. The Morgan fingerprint density at radius 2 is 1.89 bits per heavy atom. The van der Waals surface area contributed by atoms with E-state index in [-0.39, 0.29) is 0 Å². The average Bonchev–Trinajstić information content (AvgIpc) is 3.28. The smallest absolute Gasteiger partial charge is 0.124 e. The van der Waals surface area contributed by atoms with Gasteiger partial charge in [0, 0.05) is 22.2 Å². The Bertz CT molecular complexity index is 921. The number of fused-ring (bicyclic) bond motifs is 1. The Balaban J connectivity index is 1.65. The van der Waals surface area contributed by atoms with Crippen LogP contribution >= 0.6 is 22.7 Å². The fourth-order valence-corrected chi connectivity index (χ4v) is 5.77. The first-order chi connectivity index (χ1) is 13.5. The van der Waals surface area contributed by atoms with Crippen molar-refractivity contribution in [2.45, 2.75) is 36.9 Å². The minimum atomic E-state index is -1.42. The molecular weight excluding hydrogens is 400 g/mol. The number of rotatable bonds is 5. The van der Waals surface area contributed by atoms with Crippen molar-refractivity contribution in [1.82, 2.24) is 0 Å². The summed E-state index contributed by atoms with van der Waals surface area (Å²) in [5.41, 5.74) is 1.59. The van der Waals surface area contributed by atoms with Crippen LogP contribution in [0.15, 0.2) is 35.7 Å². The van der Waals surface area contributed by atoms with Gasteiger partial charge in [0.2, 0.25) is 0 Å². The zero-order valence-electron chi connectivity index (χ0n) is 15.2. The molecule has 0 spiro atoms. The van der Waals surface area contributed by atoms with Gasteiger partial charge in [0.1, 0.15) is 36.3 Å². The molecule has 5 atom stereocenters. The van der Waals surface area contributed by atoms with E-state index in [4.69, 9.17) is 9.47 Å². The van der Waals surface area contributed by atoms with E-state index >= 15 is 0 Å². The van der Waals surface area contributed by atoms with E-state index < -0.39 is 37.1 Å². The van der Waals surface area contributed by atoms with Gasteiger partial charge in [-0.15, -0.1) is 22.7 Å². The molecule has 2 aromatic heterocycles. The molecule has 1 aliphatic heterocycles. The first-order valence-corrected chi connectivity index (χ1v) is 10.6. The predicted molar refractivity (Wildman–Crippen MR) is 108 cm³/mol. The third kappa shape index (κ3) is 3.57. The van der Waals surface area contributed by atoms with Crippen molar-refractivity contribution in [3.8, 4) is 5.75 Å². The topological polar surface area (TPSA) is 99.4 Å². The zero-order valence-corrected chi connectivity index (χ0v) is 16.8. The average molecular weight is 423 g/mol. The molecule has 3 heterocycles. The van der Waals surface area contributed by atoms with Crippen LogP contribution in [0.2, 0.25) is 0 Å². The van der Waals surface area contributed by atoms with E-state index in [1.54, 1.807) is 22.7 Å². The molecule has 0 amide bonds. The monoisotopic (exact) mass is 422 g/mol. The summed E-state index contributed by atoms with van der Waals surface area (Å²) < 4.78 is 12.4. The lowest BCUT2D eigenvalue weighted by molar-refractivity contribution is -0.232. The largest absolute Gasteiger partial charge is 0.496 e. The van der Waals surface area contributed by atoms with Gasteiger partial charge in [-0.2, -0.15) is 0 Å². The van der Waals surface area contributed by atoms with Gasteiger partial charge in [0.25, 0.3) is 0 Å². The molecule has 0 aliphatic carbocycles. The molecule has 4 rings (SSSR count). The maximum Gasteiger partial charge on any atom is 0.124 e. The number of aliphatic hydroxyl groups excluding tert-OH is 4. The van der Waals surface area contributed by atoms with Crippen LogP contribution in [0.4, 0.5) is 0 Å². The molecule has 8 heteroatoms. The number of hydrogen-bond donors (Lipinski definition) is 4. The fraction of sp³-hybridized carbons (Fsp3) is 0.400. The van der Waals surface area contributed by atoms with Crippen LogP contribution in [0.5, 0.6) is 5.75 Å². The van der Waals surface area contributed by atoms with Crippen molar-refractivity contribution >= 4 is 32.1 Å². The van der Waals surface area contributed by atoms with Gasteiger partial charge < -0.3 is 29.9 Å². The number of methoxy groups -OCH3 is 1. The first-order valence-electron chi connectivity index (χ1n) is 8.95. The van der Waals surface area contributed by atoms with Crippen LogP contribution in [-0.4, -0.2) is 58.6 Å². The number of aliphatic hydroxyl groups is 4. The van der Waals surface area contributed by atoms with Gasteiger partial charge in [0.05, 0.1) is 17.7 Å². The first kappa shape index (κ1) is 19.8. The Labute approximate surface area is 170 Å². The number of thiophene rings is 2. The van der Waals surface area contributed by atoms with Crippen LogP contribution in [0.25, 0.3) is 9.40 Å². The quantitative estimate of drug-likeness (QED) is 0.503. The van der Waals surface area contributed by atoms with Gasteiger partial charge in [-0.05, 0) is 35.2 Å². The summed E-state index contributed by atoms with van der Waals surface area (Å²) in [4.78, 5) is 1.23. The Kier molecular flexibility index (Phi) is 5.71. The summed E-state index contributed by atoms with van der Waals surface area (Å²) in [6, 6.07) is 9.93. The minimum Gasteiger partial charge on any atom is -0.496 e. The van der Waals surface area contributed by atoms with E-state index in [0.717, 1.165) is 12.0 Å². The molecule has 1 aromatic carbocycles. The summed E-state index contributed by atoms with van der Waals surface area (Å²) in [6.45, 7) is -0.463. The minimum absolute atomic E-state index is 0.463. The van der Waals surface area contributed by atoms with Crippen molar-refractivity contribution in [3.63, 3.8) is 0 Å². The molecule has 6 nitrogen and oxygen atoms in total.